The lowest BCUT2D eigenvalue weighted by atomic mass is 9.99. The van der Waals surface area contributed by atoms with Crippen molar-refractivity contribution < 1.29 is 4.79 Å². The van der Waals surface area contributed by atoms with Gasteiger partial charge >= 0.3 is 0 Å². The molecule has 4 nitrogen and oxygen atoms in total. The third-order valence-electron chi connectivity index (χ3n) is 5.31. The second-order valence-corrected chi connectivity index (χ2v) is 9.65. The number of hydrogen-bond donors (Lipinski definition) is 1. The highest BCUT2D eigenvalue weighted by Crippen LogP contribution is 2.31. The van der Waals surface area contributed by atoms with E-state index in [0.717, 1.165) is 39.6 Å². The van der Waals surface area contributed by atoms with Gasteiger partial charge in [0.25, 0.3) is 5.91 Å². The lowest BCUT2D eigenvalue weighted by Gasteiger charge is -2.11. The maximum atomic E-state index is 12.9. The summed E-state index contributed by atoms with van der Waals surface area (Å²) >= 11 is 8.18. The van der Waals surface area contributed by atoms with Crippen LogP contribution < -0.4 is 5.32 Å². The molecule has 0 aliphatic rings. The minimum Gasteiger partial charge on any atom is -0.321 e. The zero-order valence-corrected chi connectivity index (χ0v) is 20.7. The number of aromatic nitrogens is 1. The molecule has 3 aromatic carbocycles. The fourth-order valence-electron chi connectivity index (χ4n) is 3.44. The zero-order valence-electron chi connectivity index (χ0n) is 19.2. The first-order valence-electron chi connectivity index (χ1n) is 11.0. The van der Waals surface area contributed by atoms with Crippen LogP contribution in [0, 0.1) is 0 Å². The zero-order chi connectivity index (χ0) is 23.9. The monoisotopic (exact) mass is 487 g/mol. The number of carbonyl (C=O) groups is 1. The van der Waals surface area contributed by atoms with E-state index in [1.54, 1.807) is 30.1 Å². The highest BCUT2D eigenvalue weighted by atomic mass is 35.5. The van der Waals surface area contributed by atoms with E-state index in [-0.39, 0.29) is 5.91 Å². The van der Waals surface area contributed by atoms with Gasteiger partial charge in [-0.1, -0.05) is 66.2 Å². The van der Waals surface area contributed by atoms with E-state index in [1.807, 2.05) is 48.5 Å². The number of benzene rings is 3. The lowest BCUT2D eigenvalue weighted by molar-refractivity contribution is 0.102. The first kappa shape index (κ1) is 24.0. The van der Waals surface area contributed by atoms with Crippen LogP contribution in [0.15, 0.2) is 96.2 Å². The van der Waals surface area contributed by atoms with Crippen LogP contribution in [0.2, 0.25) is 5.02 Å². The van der Waals surface area contributed by atoms with Crippen LogP contribution in [-0.2, 0) is 0 Å². The number of rotatable bonds is 8. The molecule has 0 spiro atoms. The van der Waals surface area contributed by atoms with E-state index in [0.29, 0.717) is 16.3 Å². The van der Waals surface area contributed by atoms with Crippen LogP contribution in [0.4, 0.5) is 5.69 Å². The highest BCUT2D eigenvalue weighted by Gasteiger charge is 2.12. The quantitative estimate of drug-likeness (QED) is 0.272. The van der Waals surface area contributed by atoms with Crippen molar-refractivity contribution in [3.05, 3.63) is 102 Å². The molecule has 4 aromatic rings. The summed E-state index contributed by atoms with van der Waals surface area (Å²) in [5.74, 6) is 0.764. The molecule has 0 unspecified atom stereocenters. The Labute approximate surface area is 210 Å². The fourth-order valence-corrected chi connectivity index (χ4v) is 4.62. The number of thioether (sulfide) groups is 1. The predicted molar refractivity (Wildman–Crippen MR) is 144 cm³/mol. The van der Waals surface area contributed by atoms with E-state index in [2.05, 4.69) is 53.6 Å². The van der Waals surface area contributed by atoms with Crippen LogP contribution in [0.5, 0.6) is 0 Å². The van der Waals surface area contributed by atoms with Gasteiger partial charge in [0.2, 0.25) is 0 Å². The first-order chi connectivity index (χ1) is 16.5. The van der Waals surface area contributed by atoms with Gasteiger partial charge in [0.15, 0.2) is 0 Å². The minimum absolute atomic E-state index is 0.200. The van der Waals surface area contributed by atoms with Gasteiger partial charge in [0.05, 0.1) is 16.9 Å². The molecule has 0 aliphatic carbocycles. The van der Waals surface area contributed by atoms with Gasteiger partial charge in [-0.05, 0) is 61.1 Å². The summed E-state index contributed by atoms with van der Waals surface area (Å²) in [5.41, 5.74) is 5.26. The Balaban J connectivity index is 1.46. The van der Waals surface area contributed by atoms with Gasteiger partial charge in [-0.25, -0.2) is 4.98 Å². The topological polar surface area (TPSA) is 45.2 Å². The number of nitrogens with one attached hydrogen (secondary N) is 1. The van der Waals surface area contributed by atoms with Crippen molar-refractivity contribution in [2.45, 2.75) is 5.03 Å². The summed E-state index contributed by atoms with van der Waals surface area (Å²) < 4.78 is 0. The second-order valence-electron chi connectivity index (χ2n) is 8.13. The maximum absolute atomic E-state index is 12.9. The summed E-state index contributed by atoms with van der Waals surface area (Å²) in [6.45, 7) is 0.985. The van der Waals surface area contributed by atoms with Crippen LogP contribution in [0.1, 0.15) is 10.4 Å². The molecule has 172 valence electrons. The molecule has 0 bridgehead atoms. The molecule has 0 radical (unpaired) electrons. The Morgan fingerprint density at radius 2 is 1.62 bits per heavy atom. The van der Waals surface area contributed by atoms with Crippen molar-refractivity contribution in [3.8, 4) is 22.3 Å². The molecule has 6 heteroatoms. The Morgan fingerprint density at radius 1 is 0.912 bits per heavy atom. The molecule has 0 aliphatic heterocycles. The number of nitrogens with zero attached hydrogens (tertiary/aromatic N) is 2. The smallest absolute Gasteiger partial charge is 0.255 e. The standard InChI is InChI=1S/C28H26ClN3OS/c1-32(2)16-17-34-27-15-13-24(19-30-27)31-28(33)23-12-14-26(29)25(18-23)22-10-8-21(9-11-22)20-6-4-3-5-7-20/h3-15,18-19H,16-17H2,1-2H3,(H,31,33). The average Bonchev–Trinajstić information content (AvgIpc) is 2.86. The largest absolute Gasteiger partial charge is 0.321 e. The number of anilines is 1. The Kier molecular flexibility index (Phi) is 8.01. The van der Waals surface area contributed by atoms with E-state index in [9.17, 15) is 4.79 Å². The van der Waals surface area contributed by atoms with Crippen molar-refractivity contribution in [2.75, 3.05) is 31.7 Å². The summed E-state index contributed by atoms with van der Waals surface area (Å²) in [5, 5.41) is 4.47. The number of carbonyl (C=O) groups excluding carboxylic acids is 1. The van der Waals surface area contributed by atoms with Crippen molar-refractivity contribution in [1.29, 1.82) is 0 Å². The number of amides is 1. The maximum Gasteiger partial charge on any atom is 0.255 e. The molecule has 34 heavy (non-hydrogen) atoms. The SMILES string of the molecule is CN(C)CCSc1ccc(NC(=O)c2ccc(Cl)c(-c3ccc(-c4ccccc4)cc3)c2)cn1. The van der Waals surface area contributed by atoms with Gasteiger partial charge in [0.1, 0.15) is 0 Å². The molecule has 0 saturated heterocycles. The van der Waals surface area contributed by atoms with E-state index in [1.165, 1.54) is 0 Å². The number of pyridine rings is 1. The van der Waals surface area contributed by atoms with E-state index < -0.39 is 0 Å². The van der Waals surface area contributed by atoms with Crippen LogP contribution >= 0.6 is 23.4 Å². The normalized spacial score (nSPS) is 10.9. The summed E-state index contributed by atoms with van der Waals surface area (Å²) in [6.07, 6.45) is 1.69. The summed E-state index contributed by atoms with van der Waals surface area (Å²) in [7, 11) is 4.10. The average molecular weight is 488 g/mol. The Morgan fingerprint density at radius 3 is 2.29 bits per heavy atom. The third kappa shape index (κ3) is 6.26. The molecule has 4 rings (SSSR count). The Bertz CT molecular complexity index is 1240. The molecule has 0 fully saturated rings. The van der Waals surface area contributed by atoms with Crippen LogP contribution in [0.25, 0.3) is 22.3 Å². The summed E-state index contributed by atoms with van der Waals surface area (Å²) in [6, 6.07) is 27.5. The predicted octanol–water partition coefficient (Wildman–Crippen LogP) is 6.98. The molecule has 1 N–H and O–H groups in total. The third-order valence-corrected chi connectivity index (χ3v) is 6.57. The van der Waals surface area contributed by atoms with E-state index in [4.69, 9.17) is 11.6 Å². The van der Waals surface area contributed by atoms with Crippen molar-refractivity contribution in [1.82, 2.24) is 9.88 Å². The van der Waals surface area contributed by atoms with E-state index >= 15 is 0 Å². The van der Waals surface area contributed by atoms with Gasteiger partial charge in [-0.15, -0.1) is 11.8 Å². The summed E-state index contributed by atoms with van der Waals surface area (Å²) in [4.78, 5) is 19.5. The molecule has 1 heterocycles. The lowest BCUT2D eigenvalue weighted by Crippen LogP contribution is -2.14. The molecule has 0 atom stereocenters. The second kappa shape index (κ2) is 11.3. The number of halogens is 1. The minimum atomic E-state index is -0.200. The van der Waals surface area contributed by atoms with Gasteiger partial charge in [-0.3, -0.25) is 4.79 Å². The number of hydrogen-bond acceptors (Lipinski definition) is 4. The molecular formula is C28H26ClN3OS. The van der Waals surface area contributed by atoms with Gasteiger partial charge < -0.3 is 10.2 Å². The van der Waals surface area contributed by atoms with Crippen molar-refractivity contribution in [2.24, 2.45) is 0 Å². The highest BCUT2D eigenvalue weighted by molar-refractivity contribution is 7.99. The molecule has 1 aromatic heterocycles. The van der Waals surface area contributed by atoms with Crippen LogP contribution in [0.3, 0.4) is 0 Å². The van der Waals surface area contributed by atoms with Gasteiger partial charge in [0, 0.05) is 28.4 Å². The van der Waals surface area contributed by atoms with Crippen LogP contribution in [-0.4, -0.2) is 42.2 Å². The Hall–Kier alpha value is -3.12. The fraction of sp³-hybridized carbons (Fsp3) is 0.143. The van der Waals surface area contributed by atoms with Crippen molar-refractivity contribution in [3.63, 3.8) is 0 Å². The molecule has 1 amide bonds. The molecule has 0 saturated carbocycles. The molecular weight excluding hydrogens is 462 g/mol. The van der Waals surface area contributed by atoms with Gasteiger partial charge in [-0.2, -0.15) is 0 Å². The first-order valence-corrected chi connectivity index (χ1v) is 12.4. The van der Waals surface area contributed by atoms with Crippen molar-refractivity contribution >= 4 is 35.0 Å².